The number of carboxylic acid groups (broad SMARTS) is 1. The van der Waals surface area contributed by atoms with Crippen LogP contribution < -0.4 is 10.6 Å². The molecular formula is C13H14N4O2. The number of rotatable bonds is 5. The number of aromatic nitrogens is 2. The van der Waals surface area contributed by atoms with Gasteiger partial charge in [0.25, 0.3) is 0 Å². The van der Waals surface area contributed by atoms with E-state index in [1.807, 2.05) is 6.92 Å². The highest BCUT2D eigenvalue weighted by molar-refractivity contribution is 5.88. The Morgan fingerprint density at radius 3 is 2.53 bits per heavy atom. The highest BCUT2D eigenvalue weighted by Gasteiger charge is 2.03. The van der Waals surface area contributed by atoms with Gasteiger partial charge in [0, 0.05) is 18.3 Å². The lowest BCUT2D eigenvalue weighted by Crippen LogP contribution is -2.02. The van der Waals surface area contributed by atoms with Gasteiger partial charge in [-0.2, -0.15) is 0 Å². The maximum absolute atomic E-state index is 10.7. The second-order valence-corrected chi connectivity index (χ2v) is 3.83. The first-order valence-corrected chi connectivity index (χ1v) is 5.85. The fourth-order valence-corrected chi connectivity index (χ4v) is 1.55. The van der Waals surface area contributed by atoms with Crippen molar-refractivity contribution in [3.8, 4) is 0 Å². The molecular weight excluding hydrogens is 244 g/mol. The van der Waals surface area contributed by atoms with E-state index in [9.17, 15) is 4.79 Å². The SMILES string of the molecule is CCNc1cc(Nc2ccc(C(=O)O)cc2)ncn1. The smallest absolute Gasteiger partial charge is 0.335 e. The quantitative estimate of drug-likeness (QED) is 0.763. The minimum Gasteiger partial charge on any atom is -0.478 e. The van der Waals surface area contributed by atoms with Gasteiger partial charge in [-0.1, -0.05) is 0 Å². The van der Waals surface area contributed by atoms with Gasteiger partial charge in [0.2, 0.25) is 0 Å². The van der Waals surface area contributed by atoms with Crippen LogP contribution in [0.3, 0.4) is 0 Å². The lowest BCUT2D eigenvalue weighted by molar-refractivity contribution is 0.0697. The standard InChI is InChI=1S/C13H14N4O2/c1-2-14-11-7-12(16-8-15-11)17-10-5-3-9(4-6-10)13(18)19/h3-8H,2H2,1H3,(H,18,19)(H2,14,15,16,17). The molecule has 0 unspecified atom stereocenters. The first-order valence-electron chi connectivity index (χ1n) is 5.85. The molecule has 1 heterocycles. The summed E-state index contributed by atoms with van der Waals surface area (Å²) in [4.78, 5) is 18.9. The lowest BCUT2D eigenvalue weighted by Gasteiger charge is -2.07. The minimum atomic E-state index is -0.942. The van der Waals surface area contributed by atoms with Crippen LogP contribution in [0, 0.1) is 0 Å². The van der Waals surface area contributed by atoms with Gasteiger partial charge in [-0.25, -0.2) is 14.8 Å². The average molecular weight is 258 g/mol. The van der Waals surface area contributed by atoms with E-state index in [-0.39, 0.29) is 5.56 Å². The predicted octanol–water partition coefficient (Wildman–Crippen LogP) is 2.35. The Bertz CT molecular complexity index is 569. The van der Waals surface area contributed by atoms with Gasteiger partial charge in [-0.3, -0.25) is 0 Å². The minimum absolute atomic E-state index is 0.251. The summed E-state index contributed by atoms with van der Waals surface area (Å²) in [6.45, 7) is 2.77. The monoisotopic (exact) mass is 258 g/mol. The molecule has 2 aromatic rings. The number of hydrogen-bond acceptors (Lipinski definition) is 5. The van der Waals surface area contributed by atoms with Gasteiger partial charge in [0.1, 0.15) is 18.0 Å². The molecule has 98 valence electrons. The zero-order valence-electron chi connectivity index (χ0n) is 10.4. The van der Waals surface area contributed by atoms with Crippen molar-refractivity contribution in [3.63, 3.8) is 0 Å². The molecule has 0 bridgehead atoms. The normalized spacial score (nSPS) is 9.95. The van der Waals surface area contributed by atoms with Crippen LogP contribution in [0.1, 0.15) is 17.3 Å². The molecule has 0 aliphatic heterocycles. The number of nitrogens with zero attached hydrogens (tertiary/aromatic N) is 2. The molecule has 1 aromatic carbocycles. The Morgan fingerprint density at radius 2 is 1.89 bits per heavy atom. The van der Waals surface area contributed by atoms with E-state index in [0.29, 0.717) is 5.82 Å². The Kier molecular flexibility index (Phi) is 3.92. The lowest BCUT2D eigenvalue weighted by atomic mass is 10.2. The summed E-state index contributed by atoms with van der Waals surface area (Å²) in [7, 11) is 0. The number of carboxylic acids is 1. The van der Waals surface area contributed by atoms with Crippen molar-refractivity contribution in [2.24, 2.45) is 0 Å². The molecule has 0 spiro atoms. The molecule has 0 aliphatic carbocycles. The van der Waals surface area contributed by atoms with Crippen LogP contribution in [0.25, 0.3) is 0 Å². The van der Waals surface area contributed by atoms with Crippen LogP contribution in [0.4, 0.5) is 17.3 Å². The van der Waals surface area contributed by atoms with Crippen molar-refractivity contribution in [1.29, 1.82) is 0 Å². The molecule has 3 N–H and O–H groups in total. The molecule has 19 heavy (non-hydrogen) atoms. The first kappa shape index (κ1) is 12.8. The number of benzene rings is 1. The highest BCUT2D eigenvalue weighted by Crippen LogP contribution is 2.16. The van der Waals surface area contributed by atoms with Crippen molar-refractivity contribution in [3.05, 3.63) is 42.2 Å². The summed E-state index contributed by atoms with van der Waals surface area (Å²) >= 11 is 0. The number of aromatic carboxylic acids is 1. The Morgan fingerprint density at radius 1 is 1.21 bits per heavy atom. The third kappa shape index (κ3) is 3.41. The molecule has 0 aliphatic rings. The van der Waals surface area contributed by atoms with Gasteiger partial charge in [0.05, 0.1) is 5.56 Å². The Hall–Kier alpha value is -2.63. The first-order chi connectivity index (χ1) is 9.19. The second-order valence-electron chi connectivity index (χ2n) is 3.83. The van der Waals surface area contributed by atoms with Crippen molar-refractivity contribution >= 4 is 23.3 Å². The summed E-state index contributed by atoms with van der Waals surface area (Å²) in [6, 6.07) is 8.25. The molecule has 0 radical (unpaired) electrons. The molecule has 6 nitrogen and oxygen atoms in total. The third-order valence-corrected chi connectivity index (χ3v) is 2.43. The van der Waals surface area contributed by atoms with Crippen LogP contribution in [0.2, 0.25) is 0 Å². The molecule has 0 saturated heterocycles. The Labute approximate surface area is 110 Å². The van der Waals surface area contributed by atoms with Gasteiger partial charge >= 0.3 is 5.97 Å². The van der Waals surface area contributed by atoms with E-state index in [4.69, 9.17) is 5.11 Å². The Balaban J connectivity index is 2.12. The fourth-order valence-electron chi connectivity index (χ4n) is 1.55. The van der Waals surface area contributed by atoms with Gasteiger partial charge in [0.15, 0.2) is 0 Å². The molecule has 6 heteroatoms. The molecule has 0 fully saturated rings. The molecule has 1 aromatic heterocycles. The topological polar surface area (TPSA) is 87.1 Å². The van der Waals surface area contributed by atoms with Crippen LogP contribution in [0.15, 0.2) is 36.7 Å². The second kappa shape index (κ2) is 5.81. The van der Waals surface area contributed by atoms with Crippen molar-refractivity contribution in [1.82, 2.24) is 9.97 Å². The number of nitrogens with one attached hydrogen (secondary N) is 2. The maximum Gasteiger partial charge on any atom is 0.335 e. The number of hydrogen-bond donors (Lipinski definition) is 3. The van der Waals surface area contributed by atoms with Gasteiger partial charge < -0.3 is 15.7 Å². The van der Waals surface area contributed by atoms with E-state index >= 15 is 0 Å². The average Bonchev–Trinajstić information content (AvgIpc) is 2.40. The van der Waals surface area contributed by atoms with E-state index in [1.54, 1.807) is 18.2 Å². The van der Waals surface area contributed by atoms with Crippen molar-refractivity contribution < 1.29 is 9.90 Å². The summed E-state index contributed by atoms with van der Waals surface area (Å²) < 4.78 is 0. The van der Waals surface area contributed by atoms with Gasteiger partial charge in [-0.15, -0.1) is 0 Å². The fraction of sp³-hybridized carbons (Fsp3) is 0.154. The third-order valence-electron chi connectivity index (χ3n) is 2.43. The molecule has 2 rings (SSSR count). The summed E-state index contributed by atoms with van der Waals surface area (Å²) in [6.07, 6.45) is 1.46. The number of carbonyl (C=O) groups is 1. The van der Waals surface area contributed by atoms with Crippen molar-refractivity contribution in [2.75, 3.05) is 17.2 Å². The molecule has 0 amide bonds. The highest BCUT2D eigenvalue weighted by atomic mass is 16.4. The van der Waals surface area contributed by atoms with E-state index < -0.39 is 5.97 Å². The predicted molar refractivity (Wildman–Crippen MR) is 72.9 cm³/mol. The molecule has 0 atom stereocenters. The van der Waals surface area contributed by atoms with E-state index in [0.717, 1.165) is 18.1 Å². The summed E-state index contributed by atoms with van der Waals surface area (Å²) in [5.41, 5.74) is 1.02. The van der Waals surface area contributed by atoms with Crippen LogP contribution in [0.5, 0.6) is 0 Å². The zero-order valence-corrected chi connectivity index (χ0v) is 10.4. The van der Waals surface area contributed by atoms with Crippen LogP contribution >= 0.6 is 0 Å². The number of anilines is 3. The summed E-state index contributed by atoms with van der Waals surface area (Å²) in [5.74, 6) is 0.444. The van der Waals surface area contributed by atoms with Crippen LogP contribution in [-0.2, 0) is 0 Å². The maximum atomic E-state index is 10.7. The largest absolute Gasteiger partial charge is 0.478 e. The summed E-state index contributed by atoms with van der Waals surface area (Å²) in [5, 5.41) is 15.0. The van der Waals surface area contributed by atoms with E-state index in [2.05, 4.69) is 20.6 Å². The van der Waals surface area contributed by atoms with Crippen LogP contribution in [-0.4, -0.2) is 27.6 Å². The molecule has 0 saturated carbocycles. The van der Waals surface area contributed by atoms with Gasteiger partial charge in [-0.05, 0) is 31.2 Å². The zero-order chi connectivity index (χ0) is 13.7. The van der Waals surface area contributed by atoms with E-state index in [1.165, 1.54) is 18.5 Å². The van der Waals surface area contributed by atoms with Crippen molar-refractivity contribution in [2.45, 2.75) is 6.92 Å².